The van der Waals surface area contributed by atoms with Crippen molar-refractivity contribution in [2.24, 2.45) is 5.92 Å². The lowest BCUT2D eigenvalue weighted by atomic mass is 10.1. The molecule has 0 spiro atoms. The lowest BCUT2D eigenvalue weighted by Gasteiger charge is -2.04. The minimum Gasteiger partial charge on any atom is -0.398 e. The number of hydrogen-bond acceptors (Lipinski definition) is 4. The summed E-state index contributed by atoms with van der Waals surface area (Å²) in [4.78, 5) is 4.43. The molecule has 3 aromatic rings. The Labute approximate surface area is 117 Å². The monoisotopic (exact) mass is 267 g/mol. The minimum absolute atomic E-state index is 0.490. The highest BCUT2D eigenvalue weighted by molar-refractivity contribution is 5.92. The average molecular weight is 267 g/mol. The summed E-state index contributed by atoms with van der Waals surface area (Å²) in [6.07, 6.45) is 0.803. The normalized spacial score (nSPS) is 11.3. The first-order valence-electron chi connectivity index (χ1n) is 6.74. The van der Waals surface area contributed by atoms with E-state index < -0.39 is 0 Å². The SMILES string of the molecule is CC(C)Cc1noc(-c2cc3ccccc3cc2N)n1. The molecule has 2 aromatic carbocycles. The number of nitrogens with zero attached hydrogens (tertiary/aromatic N) is 2. The van der Waals surface area contributed by atoms with Crippen molar-refractivity contribution in [1.82, 2.24) is 10.1 Å². The first-order valence-corrected chi connectivity index (χ1v) is 6.74. The van der Waals surface area contributed by atoms with Crippen LogP contribution >= 0.6 is 0 Å². The predicted octanol–water partition coefficient (Wildman–Crippen LogP) is 3.67. The second-order valence-electron chi connectivity index (χ2n) is 5.40. The van der Waals surface area contributed by atoms with Crippen LogP contribution in [0.5, 0.6) is 0 Å². The number of nitrogens with two attached hydrogens (primary N) is 1. The van der Waals surface area contributed by atoms with E-state index in [2.05, 4.69) is 24.0 Å². The Morgan fingerprint density at radius 2 is 1.85 bits per heavy atom. The Bertz CT molecular complexity index is 746. The van der Waals surface area contributed by atoms with Crippen LogP contribution in [0.4, 0.5) is 5.69 Å². The van der Waals surface area contributed by atoms with Gasteiger partial charge in [0.25, 0.3) is 5.89 Å². The standard InChI is InChI=1S/C16H17N3O/c1-10(2)7-15-18-16(20-19-15)13-8-11-5-3-4-6-12(11)9-14(13)17/h3-6,8-10H,7,17H2,1-2H3. The van der Waals surface area contributed by atoms with E-state index in [-0.39, 0.29) is 0 Å². The molecule has 2 N–H and O–H groups in total. The molecule has 1 aromatic heterocycles. The van der Waals surface area contributed by atoms with Gasteiger partial charge >= 0.3 is 0 Å². The highest BCUT2D eigenvalue weighted by Gasteiger charge is 2.13. The van der Waals surface area contributed by atoms with Crippen molar-refractivity contribution in [3.05, 3.63) is 42.2 Å². The summed E-state index contributed by atoms with van der Waals surface area (Å²) in [7, 11) is 0. The Balaban J connectivity index is 2.05. The van der Waals surface area contributed by atoms with E-state index >= 15 is 0 Å². The molecule has 0 aliphatic rings. The van der Waals surface area contributed by atoms with E-state index in [0.717, 1.165) is 28.6 Å². The van der Waals surface area contributed by atoms with Gasteiger partial charge < -0.3 is 10.3 Å². The van der Waals surface area contributed by atoms with E-state index in [9.17, 15) is 0 Å². The van der Waals surface area contributed by atoms with Gasteiger partial charge in [-0.25, -0.2) is 0 Å². The van der Waals surface area contributed by atoms with Crippen LogP contribution in [-0.2, 0) is 6.42 Å². The molecule has 0 bridgehead atoms. The topological polar surface area (TPSA) is 64.9 Å². The first kappa shape index (κ1) is 12.7. The maximum atomic E-state index is 6.10. The predicted molar refractivity (Wildman–Crippen MR) is 80.2 cm³/mol. The van der Waals surface area contributed by atoms with Gasteiger partial charge in [0.2, 0.25) is 0 Å². The molecular formula is C16H17N3O. The number of benzene rings is 2. The van der Waals surface area contributed by atoms with Crippen LogP contribution in [-0.4, -0.2) is 10.1 Å². The summed E-state index contributed by atoms with van der Waals surface area (Å²) in [6.45, 7) is 4.25. The Hall–Kier alpha value is -2.36. The summed E-state index contributed by atoms with van der Waals surface area (Å²) < 4.78 is 5.34. The molecule has 0 amide bonds. The lowest BCUT2D eigenvalue weighted by Crippen LogP contribution is -1.96. The van der Waals surface area contributed by atoms with E-state index in [1.807, 2.05) is 36.4 Å². The van der Waals surface area contributed by atoms with Gasteiger partial charge in [0.1, 0.15) is 0 Å². The maximum Gasteiger partial charge on any atom is 0.260 e. The number of nitrogen functional groups attached to an aromatic ring is 1. The summed E-state index contributed by atoms with van der Waals surface area (Å²) >= 11 is 0. The van der Waals surface area contributed by atoms with Gasteiger partial charge in [0.15, 0.2) is 5.82 Å². The largest absolute Gasteiger partial charge is 0.398 e. The molecule has 4 heteroatoms. The van der Waals surface area contributed by atoms with Crippen LogP contribution in [0.1, 0.15) is 19.7 Å². The Morgan fingerprint density at radius 1 is 1.15 bits per heavy atom. The molecule has 4 nitrogen and oxygen atoms in total. The molecule has 0 atom stereocenters. The van der Waals surface area contributed by atoms with Gasteiger partial charge in [0, 0.05) is 12.1 Å². The number of hydrogen-bond donors (Lipinski definition) is 1. The average Bonchev–Trinajstić information content (AvgIpc) is 2.85. The van der Waals surface area contributed by atoms with Crippen molar-refractivity contribution in [3.63, 3.8) is 0 Å². The van der Waals surface area contributed by atoms with E-state index in [4.69, 9.17) is 10.3 Å². The summed E-state index contributed by atoms with van der Waals surface area (Å²) in [6, 6.07) is 12.0. The zero-order valence-corrected chi connectivity index (χ0v) is 11.6. The van der Waals surface area contributed by atoms with E-state index in [1.165, 1.54) is 0 Å². The van der Waals surface area contributed by atoms with Crippen LogP contribution in [0.2, 0.25) is 0 Å². The number of anilines is 1. The van der Waals surface area contributed by atoms with Gasteiger partial charge in [-0.15, -0.1) is 0 Å². The molecule has 0 aliphatic heterocycles. The lowest BCUT2D eigenvalue weighted by molar-refractivity contribution is 0.418. The van der Waals surface area contributed by atoms with Crippen molar-refractivity contribution < 1.29 is 4.52 Å². The molecule has 0 radical (unpaired) electrons. The van der Waals surface area contributed by atoms with Crippen LogP contribution in [0.15, 0.2) is 40.9 Å². The van der Waals surface area contributed by atoms with Gasteiger partial charge in [-0.3, -0.25) is 0 Å². The van der Waals surface area contributed by atoms with Gasteiger partial charge in [-0.1, -0.05) is 43.3 Å². The molecule has 0 unspecified atom stereocenters. The molecule has 0 saturated carbocycles. The van der Waals surface area contributed by atoms with Crippen molar-refractivity contribution >= 4 is 16.5 Å². The molecule has 3 rings (SSSR count). The highest BCUT2D eigenvalue weighted by atomic mass is 16.5. The third-order valence-electron chi connectivity index (χ3n) is 3.21. The third kappa shape index (κ3) is 2.37. The summed E-state index contributed by atoms with van der Waals surface area (Å²) in [5.41, 5.74) is 7.55. The highest BCUT2D eigenvalue weighted by Crippen LogP contribution is 2.29. The summed E-state index contributed by atoms with van der Waals surface area (Å²) in [5, 5.41) is 6.23. The Kier molecular flexibility index (Phi) is 3.14. The van der Waals surface area contributed by atoms with Crippen LogP contribution in [0.25, 0.3) is 22.2 Å². The number of fused-ring (bicyclic) bond motifs is 1. The third-order valence-corrected chi connectivity index (χ3v) is 3.21. The Morgan fingerprint density at radius 3 is 2.55 bits per heavy atom. The molecule has 0 fully saturated rings. The molecular weight excluding hydrogens is 250 g/mol. The summed E-state index contributed by atoms with van der Waals surface area (Å²) in [5.74, 6) is 1.71. The van der Waals surface area contributed by atoms with Gasteiger partial charge in [-0.2, -0.15) is 4.98 Å². The fourth-order valence-electron chi connectivity index (χ4n) is 2.25. The second-order valence-corrected chi connectivity index (χ2v) is 5.40. The zero-order chi connectivity index (χ0) is 14.1. The van der Waals surface area contributed by atoms with Crippen LogP contribution < -0.4 is 5.73 Å². The zero-order valence-electron chi connectivity index (χ0n) is 11.6. The number of aromatic nitrogens is 2. The van der Waals surface area contributed by atoms with Crippen molar-refractivity contribution in [1.29, 1.82) is 0 Å². The first-order chi connectivity index (χ1) is 9.63. The number of rotatable bonds is 3. The minimum atomic E-state index is 0.490. The van der Waals surface area contributed by atoms with Crippen LogP contribution in [0.3, 0.4) is 0 Å². The quantitative estimate of drug-likeness (QED) is 0.735. The van der Waals surface area contributed by atoms with Crippen molar-refractivity contribution in [3.8, 4) is 11.5 Å². The van der Waals surface area contributed by atoms with E-state index in [1.54, 1.807) is 0 Å². The van der Waals surface area contributed by atoms with Gasteiger partial charge in [0.05, 0.1) is 5.56 Å². The molecule has 20 heavy (non-hydrogen) atoms. The molecule has 0 aliphatic carbocycles. The fourth-order valence-corrected chi connectivity index (χ4v) is 2.25. The van der Waals surface area contributed by atoms with Crippen molar-refractivity contribution in [2.75, 3.05) is 5.73 Å². The smallest absolute Gasteiger partial charge is 0.260 e. The molecule has 1 heterocycles. The fraction of sp³-hybridized carbons (Fsp3) is 0.250. The van der Waals surface area contributed by atoms with Gasteiger partial charge in [-0.05, 0) is 28.8 Å². The molecule has 0 saturated heterocycles. The maximum absolute atomic E-state index is 6.10. The van der Waals surface area contributed by atoms with E-state index in [0.29, 0.717) is 17.5 Å². The van der Waals surface area contributed by atoms with Crippen LogP contribution in [0, 0.1) is 5.92 Å². The molecule has 102 valence electrons. The van der Waals surface area contributed by atoms with Crippen molar-refractivity contribution in [2.45, 2.75) is 20.3 Å². The second kappa shape index (κ2) is 4.96.